The average Bonchev–Trinajstić information content (AvgIpc) is 2.29. The Balaban J connectivity index is 2.48. The van der Waals surface area contributed by atoms with E-state index < -0.39 is 0 Å². The van der Waals surface area contributed by atoms with Crippen LogP contribution in [-0.4, -0.2) is 25.7 Å². The summed E-state index contributed by atoms with van der Waals surface area (Å²) in [5.74, 6) is -0.240. The SMILES string of the molecule is Cc1nccnc1C(=O)c1nccnc1C. The summed E-state index contributed by atoms with van der Waals surface area (Å²) in [7, 11) is 0. The van der Waals surface area contributed by atoms with Gasteiger partial charge in [0.25, 0.3) is 0 Å². The van der Waals surface area contributed by atoms with Crippen molar-refractivity contribution in [2.24, 2.45) is 0 Å². The summed E-state index contributed by atoms with van der Waals surface area (Å²) in [4.78, 5) is 28.2. The lowest BCUT2D eigenvalue weighted by atomic mass is 10.1. The Morgan fingerprint density at radius 3 is 1.56 bits per heavy atom. The molecule has 0 unspecified atom stereocenters. The molecule has 0 aliphatic carbocycles. The van der Waals surface area contributed by atoms with E-state index in [4.69, 9.17) is 0 Å². The van der Waals surface area contributed by atoms with Crippen LogP contribution in [0.15, 0.2) is 24.8 Å². The molecule has 2 aromatic heterocycles. The van der Waals surface area contributed by atoms with Gasteiger partial charge in [0.2, 0.25) is 5.78 Å². The number of carbonyl (C=O) groups excluding carboxylic acids is 1. The van der Waals surface area contributed by atoms with E-state index >= 15 is 0 Å². The second kappa shape index (κ2) is 4.14. The standard InChI is InChI=1S/C11H10N4O/c1-7-9(14-5-3-12-7)11(16)10-8(2)13-4-6-15-10/h3-6H,1-2H3. The number of carbonyl (C=O) groups is 1. The molecule has 0 N–H and O–H groups in total. The van der Waals surface area contributed by atoms with Crippen molar-refractivity contribution in [2.75, 3.05) is 0 Å². The molecule has 0 aliphatic rings. The van der Waals surface area contributed by atoms with Gasteiger partial charge in [0, 0.05) is 24.8 Å². The van der Waals surface area contributed by atoms with Gasteiger partial charge < -0.3 is 0 Å². The molecule has 2 rings (SSSR count). The molecule has 0 radical (unpaired) electrons. The number of rotatable bonds is 2. The van der Waals surface area contributed by atoms with E-state index in [2.05, 4.69) is 19.9 Å². The van der Waals surface area contributed by atoms with Gasteiger partial charge in [-0.15, -0.1) is 0 Å². The predicted molar refractivity (Wildman–Crippen MR) is 57.0 cm³/mol. The molecule has 0 saturated carbocycles. The molecule has 2 heterocycles. The Hall–Kier alpha value is -2.17. The summed E-state index contributed by atoms with van der Waals surface area (Å²) in [6.07, 6.45) is 6.09. The van der Waals surface area contributed by atoms with Crippen molar-refractivity contribution < 1.29 is 4.79 Å². The molecule has 5 heteroatoms. The maximum atomic E-state index is 12.1. The van der Waals surface area contributed by atoms with Crippen molar-refractivity contribution in [2.45, 2.75) is 13.8 Å². The highest BCUT2D eigenvalue weighted by Crippen LogP contribution is 2.09. The van der Waals surface area contributed by atoms with Crippen molar-refractivity contribution in [1.29, 1.82) is 0 Å². The molecule has 0 bridgehead atoms. The highest BCUT2D eigenvalue weighted by atomic mass is 16.1. The highest BCUT2D eigenvalue weighted by molar-refractivity contribution is 6.07. The molecular formula is C11H10N4O. The first-order chi connectivity index (χ1) is 7.70. The molecule has 0 spiro atoms. The molecule has 80 valence electrons. The van der Waals surface area contributed by atoms with Gasteiger partial charge >= 0.3 is 0 Å². The smallest absolute Gasteiger partial charge is 0.233 e. The van der Waals surface area contributed by atoms with Crippen molar-refractivity contribution in [3.63, 3.8) is 0 Å². The number of hydrogen-bond donors (Lipinski definition) is 0. The summed E-state index contributed by atoms with van der Waals surface area (Å²) >= 11 is 0. The summed E-state index contributed by atoms with van der Waals surface area (Å²) in [5, 5.41) is 0. The first-order valence-corrected chi connectivity index (χ1v) is 4.80. The fraction of sp³-hybridized carbons (Fsp3) is 0.182. The van der Waals surface area contributed by atoms with Gasteiger partial charge in [-0.25, -0.2) is 9.97 Å². The van der Waals surface area contributed by atoms with E-state index in [0.717, 1.165) is 0 Å². The largest absolute Gasteiger partial charge is 0.285 e. The lowest BCUT2D eigenvalue weighted by Gasteiger charge is -2.03. The quantitative estimate of drug-likeness (QED) is 0.700. The summed E-state index contributed by atoms with van der Waals surface area (Å²) in [6, 6.07) is 0. The topological polar surface area (TPSA) is 68.6 Å². The minimum absolute atomic E-state index is 0.240. The Morgan fingerprint density at radius 1 is 0.812 bits per heavy atom. The Kier molecular flexibility index (Phi) is 2.68. The van der Waals surface area contributed by atoms with E-state index in [1.807, 2.05) is 0 Å². The van der Waals surface area contributed by atoms with E-state index in [1.54, 1.807) is 26.2 Å². The molecular weight excluding hydrogens is 204 g/mol. The normalized spacial score (nSPS) is 10.1. The van der Waals surface area contributed by atoms with Crippen molar-refractivity contribution in [1.82, 2.24) is 19.9 Å². The molecule has 0 saturated heterocycles. The molecule has 0 atom stereocenters. The molecule has 16 heavy (non-hydrogen) atoms. The van der Waals surface area contributed by atoms with Crippen LogP contribution >= 0.6 is 0 Å². The van der Waals surface area contributed by atoms with Crippen LogP contribution in [-0.2, 0) is 0 Å². The van der Waals surface area contributed by atoms with Gasteiger partial charge in [-0.2, -0.15) is 0 Å². The van der Waals surface area contributed by atoms with Crippen molar-refractivity contribution in [3.8, 4) is 0 Å². The van der Waals surface area contributed by atoms with E-state index in [9.17, 15) is 4.79 Å². The molecule has 2 aromatic rings. The van der Waals surface area contributed by atoms with Crippen molar-refractivity contribution in [3.05, 3.63) is 47.6 Å². The maximum absolute atomic E-state index is 12.1. The number of aryl methyl sites for hydroxylation is 2. The number of hydrogen-bond acceptors (Lipinski definition) is 5. The molecule has 0 aliphatic heterocycles. The minimum atomic E-state index is -0.240. The lowest BCUT2D eigenvalue weighted by molar-refractivity contribution is 0.102. The van der Waals surface area contributed by atoms with Gasteiger partial charge in [-0.3, -0.25) is 14.8 Å². The molecule has 5 nitrogen and oxygen atoms in total. The first kappa shape index (κ1) is 10.4. The first-order valence-electron chi connectivity index (χ1n) is 4.80. The third kappa shape index (κ3) is 1.79. The average molecular weight is 214 g/mol. The van der Waals surface area contributed by atoms with Gasteiger partial charge in [-0.05, 0) is 13.8 Å². The fourth-order valence-corrected chi connectivity index (χ4v) is 1.37. The highest BCUT2D eigenvalue weighted by Gasteiger charge is 2.17. The maximum Gasteiger partial charge on any atom is 0.233 e. The summed E-state index contributed by atoms with van der Waals surface area (Å²) in [6.45, 7) is 3.48. The van der Waals surface area contributed by atoms with E-state index in [-0.39, 0.29) is 5.78 Å². The zero-order chi connectivity index (χ0) is 11.5. The molecule has 0 fully saturated rings. The summed E-state index contributed by atoms with van der Waals surface area (Å²) in [5.41, 5.74) is 1.84. The lowest BCUT2D eigenvalue weighted by Crippen LogP contribution is -2.11. The Bertz CT molecular complexity index is 492. The van der Waals surface area contributed by atoms with Crippen LogP contribution in [0.4, 0.5) is 0 Å². The Labute approximate surface area is 92.6 Å². The van der Waals surface area contributed by atoms with Gasteiger partial charge in [0.05, 0.1) is 11.4 Å². The van der Waals surface area contributed by atoms with Crippen molar-refractivity contribution >= 4 is 5.78 Å². The van der Waals surface area contributed by atoms with E-state index in [0.29, 0.717) is 22.8 Å². The molecule has 0 aromatic carbocycles. The van der Waals surface area contributed by atoms with E-state index in [1.165, 1.54) is 12.4 Å². The monoisotopic (exact) mass is 214 g/mol. The predicted octanol–water partition coefficient (Wildman–Crippen LogP) is 1.11. The van der Waals surface area contributed by atoms with Crippen LogP contribution in [0.2, 0.25) is 0 Å². The van der Waals surface area contributed by atoms with Gasteiger partial charge in [0.15, 0.2) is 0 Å². The second-order valence-electron chi connectivity index (χ2n) is 3.31. The molecule has 0 amide bonds. The number of aromatic nitrogens is 4. The van der Waals surface area contributed by atoms with Crippen LogP contribution in [0.3, 0.4) is 0 Å². The van der Waals surface area contributed by atoms with Gasteiger partial charge in [-0.1, -0.05) is 0 Å². The Morgan fingerprint density at radius 2 is 1.19 bits per heavy atom. The number of nitrogens with zero attached hydrogens (tertiary/aromatic N) is 4. The van der Waals surface area contributed by atoms with Crippen LogP contribution in [0.5, 0.6) is 0 Å². The third-order valence-electron chi connectivity index (χ3n) is 2.19. The van der Waals surface area contributed by atoms with Crippen LogP contribution in [0.25, 0.3) is 0 Å². The fourth-order valence-electron chi connectivity index (χ4n) is 1.37. The van der Waals surface area contributed by atoms with Crippen LogP contribution in [0.1, 0.15) is 27.6 Å². The minimum Gasteiger partial charge on any atom is -0.285 e. The second-order valence-corrected chi connectivity index (χ2v) is 3.31. The summed E-state index contributed by atoms with van der Waals surface area (Å²) < 4.78 is 0. The number of ketones is 1. The third-order valence-corrected chi connectivity index (χ3v) is 2.19. The van der Waals surface area contributed by atoms with Crippen LogP contribution < -0.4 is 0 Å². The van der Waals surface area contributed by atoms with Gasteiger partial charge in [0.1, 0.15) is 11.4 Å². The zero-order valence-corrected chi connectivity index (χ0v) is 9.01. The zero-order valence-electron chi connectivity index (χ0n) is 9.01. The van der Waals surface area contributed by atoms with Crippen LogP contribution in [0, 0.1) is 13.8 Å².